The Morgan fingerprint density at radius 3 is 2.45 bits per heavy atom. The number of fused-ring (bicyclic) bond motifs is 1. The number of urea groups is 1. The molecule has 2 aliphatic rings. The summed E-state index contributed by atoms with van der Waals surface area (Å²) in [5.41, 5.74) is 0.710. The van der Waals surface area contributed by atoms with Crippen LogP contribution in [0.2, 0.25) is 0 Å². The lowest BCUT2D eigenvalue weighted by Crippen LogP contribution is -2.48. The standard InChI is InChI=1S/C16H22N4O2/c1-11(18-16(22)19-14-5-3-2-4-6-14)15(21)20-9-12-7-17-8-13(12)10-20/h2-6,11-13,17H,7-10H2,1H3,(H2,18,19,22)/t11?,12-,13+. The Morgan fingerprint density at radius 1 is 1.18 bits per heavy atom. The van der Waals surface area contributed by atoms with Crippen LogP contribution in [0, 0.1) is 11.8 Å². The summed E-state index contributed by atoms with van der Waals surface area (Å²) >= 11 is 0. The van der Waals surface area contributed by atoms with Gasteiger partial charge in [-0.1, -0.05) is 18.2 Å². The number of para-hydroxylation sites is 1. The molecule has 0 saturated carbocycles. The van der Waals surface area contributed by atoms with Crippen LogP contribution in [0.25, 0.3) is 0 Å². The van der Waals surface area contributed by atoms with Gasteiger partial charge in [0.2, 0.25) is 5.91 Å². The van der Waals surface area contributed by atoms with Crippen molar-refractivity contribution in [3.63, 3.8) is 0 Å². The maximum Gasteiger partial charge on any atom is 0.319 e. The van der Waals surface area contributed by atoms with Crippen molar-refractivity contribution >= 4 is 17.6 Å². The van der Waals surface area contributed by atoms with Gasteiger partial charge in [-0.3, -0.25) is 4.79 Å². The smallest absolute Gasteiger partial charge is 0.319 e. The molecule has 1 aromatic rings. The third-order valence-corrected chi connectivity index (χ3v) is 4.45. The van der Waals surface area contributed by atoms with E-state index in [2.05, 4.69) is 16.0 Å². The van der Waals surface area contributed by atoms with Gasteiger partial charge in [0.1, 0.15) is 6.04 Å². The van der Waals surface area contributed by atoms with Crippen LogP contribution in [0.1, 0.15) is 6.92 Å². The average molecular weight is 302 g/mol. The van der Waals surface area contributed by atoms with Gasteiger partial charge in [-0.15, -0.1) is 0 Å². The topological polar surface area (TPSA) is 73.5 Å². The summed E-state index contributed by atoms with van der Waals surface area (Å²) in [5.74, 6) is 1.13. The number of nitrogens with one attached hydrogen (secondary N) is 3. The van der Waals surface area contributed by atoms with Gasteiger partial charge in [-0.2, -0.15) is 0 Å². The monoisotopic (exact) mass is 302 g/mol. The van der Waals surface area contributed by atoms with E-state index in [1.54, 1.807) is 19.1 Å². The molecule has 1 aromatic carbocycles. The number of nitrogens with zero attached hydrogens (tertiary/aromatic N) is 1. The first-order valence-corrected chi connectivity index (χ1v) is 7.75. The van der Waals surface area contributed by atoms with Crippen molar-refractivity contribution in [2.75, 3.05) is 31.5 Å². The van der Waals surface area contributed by atoms with Crippen LogP contribution in [0.3, 0.4) is 0 Å². The van der Waals surface area contributed by atoms with E-state index in [0.29, 0.717) is 17.5 Å². The lowest BCUT2D eigenvalue weighted by molar-refractivity contribution is -0.132. The third-order valence-electron chi connectivity index (χ3n) is 4.45. The van der Waals surface area contributed by atoms with Crippen molar-refractivity contribution in [3.8, 4) is 0 Å². The molecule has 0 aromatic heterocycles. The first-order chi connectivity index (χ1) is 10.6. The summed E-state index contributed by atoms with van der Waals surface area (Å²) in [5, 5.41) is 8.80. The molecule has 3 N–H and O–H groups in total. The Hall–Kier alpha value is -2.08. The van der Waals surface area contributed by atoms with Gasteiger partial charge >= 0.3 is 6.03 Å². The first-order valence-electron chi connectivity index (χ1n) is 7.75. The number of amides is 3. The highest BCUT2D eigenvalue weighted by Crippen LogP contribution is 2.26. The second-order valence-corrected chi connectivity index (χ2v) is 6.11. The molecular formula is C16H22N4O2. The number of benzene rings is 1. The Kier molecular flexibility index (Phi) is 4.29. The first kappa shape index (κ1) is 14.8. The second-order valence-electron chi connectivity index (χ2n) is 6.11. The molecule has 0 bridgehead atoms. The molecule has 0 spiro atoms. The van der Waals surface area contributed by atoms with Crippen LogP contribution in [0.4, 0.5) is 10.5 Å². The molecular weight excluding hydrogens is 280 g/mol. The van der Waals surface area contributed by atoms with E-state index in [1.807, 2.05) is 23.1 Å². The normalized spacial score (nSPS) is 24.7. The molecule has 2 heterocycles. The minimum atomic E-state index is -0.518. The van der Waals surface area contributed by atoms with E-state index in [0.717, 1.165) is 26.2 Å². The van der Waals surface area contributed by atoms with Crippen molar-refractivity contribution in [2.45, 2.75) is 13.0 Å². The molecule has 118 valence electrons. The van der Waals surface area contributed by atoms with E-state index in [1.165, 1.54) is 0 Å². The van der Waals surface area contributed by atoms with Gasteiger partial charge in [0.25, 0.3) is 0 Å². The van der Waals surface area contributed by atoms with Crippen LogP contribution in [0.15, 0.2) is 30.3 Å². The fourth-order valence-corrected chi connectivity index (χ4v) is 3.26. The highest BCUT2D eigenvalue weighted by Gasteiger charge is 2.39. The van der Waals surface area contributed by atoms with E-state index >= 15 is 0 Å². The number of anilines is 1. The van der Waals surface area contributed by atoms with Gasteiger partial charge in [0.15, 0.2) is 0 Å². The van der Waals surface area contributed by atoms with Gasteiger partial charge in [-0.25, -0.2) is 4.79 Å². The predicted molar refractivity (Wildman–Crippen MR) is 84.5 cm³/mol. The molecule has 0 radical (unpaired) electrons. The fourth-order valence-electron chi connectivity index (χ4n) is 3.26. The summed E-state index contributed by atoms with van der Waals surface area (Å²) in [6.07, 6.45) is 0. The third kappa shape index (κ3) is 3.22. The largest absolute Gasteiger partial charge is 0.340 e. The SMILES string of the molecule is CC(NC(=O)Nc1ccccc1)C(=O)N1C[C@H]2CNC[C@H]2C1. The van der Waals surface area contributed by atoms with E-state index < -0.39 is 6.04 Å². The van der Waals surface area contributed by atoms with Gasteiger partial charge in [0, 0.05) is 31.9 Å². The molecule has 0 aliphatic carbocycles. The number of hydrogen-bond donors (Lipinski definition) is 3. The Morgan fingerprint density at radius 2 is 1.82 bits per heavy atom. The van der Waals surface area contributed by atoms with Crippen molar-refractivity contribution in [1.29, 1.82) is 0 Å². The number of carbonyl (C=O) groups excluding carboxylic acids is 2. The zero-order chi connectivity index (χ0) is 15.5. The average Bonchev–Trinajstić information content (AvgIpc) is 3.08. The molecule has 22 heavy (non-hydrogen) atoms. The quantitative estimate of drug-likeness (QED) is 0.776. The van der Waals surface area contributed by atoms with Crippen LogP contribution in [0.5, 0.6) is 0 Å². The molecule has 3 amide bonds. The minimum absolute atomic E-state index is 0.00221. The Balaban J connectivity index is 1.50. The number of hydrogen-bond acceptors (Lipinski definition) is 3. The second kappa shape index (κ2) is 6.36. The van der Waals surface area contributed by atoms with Crippen LogP contribution >= 0.6 is 0 Å². The van der Waals surface area contributed by atoms with Crippen LogP contribution in [-0.4, -0.2) is 49.1 Å². The van der Waals surface area contributed by atoms with Gasteiger partial charge in [0.05, 0.1) is 0 Å². The summed E-state index contributed by atoms with van der Waals surface area (Å²) in [7, 11) is 0. The molecule has 6 heteroatoms. The van der Waals surface area contributed by atoms with Crippen molar-refractivity contribution in [2.24, 2.45) is 11.8 Å². The zero-order valence-corrected chi connectivity index (χ0v) is 12.7. The highest BCUT2D eigenvalue weighted by atomic mass is 16.2. The summed E-state index contributed by atoms with van der Waals surface area (Å²) in [6, 6.07) is 8.32. The fraction of sp³-hybridized carbons (Fsp3) is 0.500. The van der Waals surface area contributed by atoms with Gasteiger partial charge < -0.3 is 20.9 Å². The lowest BCUT2D eigenvalue weighted by atomic mass is 10.0. The molecule has 2 aliphatic heterocycles. The molecule has 1 unspecified atom stereocenters. The number of rotatable bonds is 3. The maximum absolute atomic E-state index is 12.4. The number of carbonyl (C=O) groups is 2. The summed E-state index contributed by atoms with van der Waals surface area (Å²) in [4.78, 5) is 26.2. The molecule has 3 rings (SSSR count). The lowest BCUT2D eigenvalue weighted by Gasteiger charge is -2.22. The Bertz CT molecular complexity index is 536. The van der Waals surface area contributed by atoms with Crippen molar-refractivity contribution < 1.29 is 9.59 Å². The Labute approximate surface area is 130 Å². The van der Waals surface area contributed by atoms with Crippen molar-refractivity contribution in [1.82, 2.24) is 15.5 Å². The molecule has 3 atom stereocenters. The van der Waals surface area contributed by atoms with Crippen LogP contribution < -0.4 is 16.0 Å². The molecule has 2 fully saturated rings. The van der Waals surface area contributed by atoms with Crippen LogP contribution in [-0.2, 0) is 4.79 Å². The number of likely N-dealkylation sites (tertiary alicyclic amines) is 1. The highest BCUT2D eigenvalue weighted by molar-refractivity contribution is 5.93. The summed E-state index contributed by atoms with van der Waals surface area (Å²) in [6.45, 7) is 5.31. The maximum atomic E-state index is 12.4. The van der Waals surface area contributed by atoms with E-state index in [9.17, 15) is 9.59 Å². The predicted octanol–water partition coefficient (Wildman–Crippen LogP) is 0.874. The van der Waals surface area contributed by atoms with E-state index in [-0.39, 0.29) is 11.9 Å². The van der Waals surface area contributed by atoms with Gasteiger partial charge in [-0.05, 0) is 30.9 Å². The van der Waals surface area contributed by atoms with Crippen molar-refractivity contribution in [3.05, 3.63) is 30.3 Å². The molecule has 6 nitrogen and oxygen atoms in total. The summed E-state index contributed by atoms with van der Waals surface area (Å²) < 4.78 is 0. The minimum Gasteiger partial charge on any atom is -0.340 e. The molecule has 2 saturated heterocycles. The zero-order valence-electron chi connectivity index (χ0n) is 12.7. The van der Waals surface area contributed by atoms with E-state index in [4.69, 9.17) is 0 Å².